The van der Waals surface area contributed by atoms with E-state index >= 15 is 0 Å². The fourth-order valence-electron chi connectivity index (χ4n) is 6.68. The Balaban J connectivity index is 1.79. The second-order valence-corrected chi connectivity index (χ2v) is 15.4. The lowest BCUT2D eigenvalue weighted by atomic mass is 9.92. The predicted octanol–water partition coefficient (Wildman–Crippen LogP) is 4.24. The fourth-order valence-corrected chi connectivity index (χ4v) is 7.47. The Morgan fingerprint density at radius 3 is 2.37 bits per heavy atom. The number of methoxy groups -OCH3 is 1. The number of ether oxygens (including phenoxy) is 1. The first-order valence-corrected chi connectivity index (χ1v) is 19.3. The molecule has 3 rings (SSSR count). The number of phenols is 1. The van der Waals surface area contributed by atoms with Crippen molar-refractivity contribution in [3.8, 4) is 5.75 Å². The molecule has 0 saturated carbocycles. The van der Waals surface area contributed by atoms with Crippen molar-refractivity contribution in [2.45, 2.75) is 110 Å². The van der Waals surface area contributed by atoms with Crippen LogP contribution in [0.1, 0.15) is 100 Å². The highest BCUT2D eigenvalue weighted by molar-refractivity contribution is 7.09. The minimum absolute atomic E-state index is 0.0761. The number of aliphatic hydroxyl groups is 1. The fraction of sp³-hybridized carbons (Fsp3) is 0.658. The third-order valence-electron chi connectivity index (χ3n) is 10.2. The molecule has 0 bridgehead atoms. The highest BCUT2D eigenvalue weighted by Crippen LogP contribution is 2.29. The zero-order chi connectivity index (χ0) is 38.5. The number of aliphatic hydroxyl groups excluding tert-OH is 1. The van der Waals surface area contributed by atoms with E-state index in [1.165, 1.54) is 12.1 Å². The molecule has 13 nitrogen and oxygen atoms in total. The minimum atomic E-state index is -1.09. The number of piperidine rings is 1. The number of carboxylic acid groups (broad SMARTS) is 1. The van der Waals surface area contributed by atoms with E-state index < -0.39 is 42.0 Å². The van der Waals surface area contributed by atoms with Crippen LogP contribution in [0.15, 0.2) is 29.6 Å². The topological polar surface area (TPSA) is 182 Å². The molecular weight excluding hydrogens is 687 g/mol. The maximum absolute atomic E-state index is 14.4. The summed E-state index contributed by atoms with van der Waals surface area (Å²) in [4.78, 5) is 61.2. The molecule has 1 fully saturated rings. The Labute approximate surface area is 312 Å². The SMILES string of the molecule is CCC(C)C(NC(=O)C1CCCCN1C)C(=O)N(CCOC)C(CC(O)c1nc(C(=O)NC(Cc2ccc(O)cc2)CC(C)C(=O)O)cs1)C(C)C. The summed E-state index contributed by atoms with van der Waals surface area (Å²) in [6.07, 6.45) is 3.00. The molecule has 2 aromatic rings. The number of rotatable bonds is 20. The van der Waals surface area contributed by atoms with Crippen LogP contribution < -0.4 is 10.6 Å². The van der Waals surface area contributed by atoms with Gasteiger partial charge in [0.05, 0.1) is 18.6 Å². The lowest BCUT2D eigenvalue weighted by Gasteiger charge is -2.39. The first-order valence-electron chi connectivity index (χ1n) is 18.4. The molecule has 0 aliphatic carbocycles. The smallest absolute Gasteiger partial charge is 0.306 e. The largest absolute Gasteiger partial charge is 0.508 e. The van der Waals surface area contributed by atoms with Crippen LogP contribution >= 0.6 is 11.3 Å². The summed E-state index contributed by atoms with van der Waals surface area (Å²) in [5.41, 5.74) is 0.914. The van der Waals surface area contributed by atoms with E-state index in [0.717, 1.165) is 42.7 Å². The number of likely N-dealkylation sites (N-methyl/N-ethyl adjacent to an activating group) is 1. The van der Waals surface area contributed by atoms with Gasteiger partial charge in [-0.1, -0.05) is 59.6 Å². The number of nitrogens with zero attached hydrogens (tertiary/aromatic N) is 3. The van der Waals surface area contributed by atoms with Gasteiger partial charge in [0.15, 0.2) is 0 Å². The molecule has 0 radical (unpaired) electrons. The summed E-state index contributed by atoms with van der Waals surface area (Å²) in [6.45, 7) is 10.8. The molecule has 1 aromatic carbocycles. The van der Waals surface area contributed by atoms with Gasteiger partial charge in [-0.25, -0.2) is 4.98 Å². The number of aliphatic carboxylic acids is 1. The summed E-state index contributed by atoms with van der Waals surface area (Å²) in [7, 11) is 3.50. The number of aromatic nitrogens is 1. The molecule has 52 heavy (non-hydrogen) atoms. The Kier molecular flexibility index (Phi) is 17.0. The quantitative estimate of drug-likeness (QED) is 0.132. The van der Waals surface area contributed by atoms with Crippen molar-refractivity contribution in [2.75, 3.05) is 33.9 Å². The normalized spacial score (nSPS) is 18.5. The van der Waals surface area contributed by atoms with Crippen molar-refractivity contribution in [3.63, 3.8) is 0 Å². The van der Waals surface area contributed by atoms with Crippen molar-refractivity contribution < 1.29 is 39.2 Å². The Hall–Kier alpha value is -3.59. The molecule has 1 aliphatic rings. The van der Waals surface area contributed by atoms with Crippen molar-refractivity contribution in [3.05, 3.63) is 45.9 Å². The van der Waals surface area contributed by atoms with Gasteiger partial charge < -0.3 is 35.6 Å². The van der Waals surface area contributed by atoms with Crippen LogP contribution in [-0.4, -0.2) is 112 Å². The predicted molar refractivity (Wildman–Crippen MR) is 200 cm³/mol. The van der Waals surface area contributed by atoms with Gasteiger partial charge in [-0.05, 0) is 68.8 Å². The number of benzene rings is 1. The lowest BCUT2D eigenvalue weighted by Crippen LogP contribution is -2.59. The van der Waals surface area contributed by atoms with Gasteiger partial charge in [0, 0.05) is 37.5 Å². The van der Waals surface area contributed by atoms with Crippen LogP contribution in [0.2, 0.25) is 0 Å². The third kappa shape index (κ3) is 12.2. The molecule has 7 unspecified atom stereocenters. The molecule has 7 atom stereocenters. The third-order valence-corrected chi connectivity index (χ3v) is 11.1. The van der Waals surface area contributed by atoms with E-state index in [1.807, 2.05) is 39.6 Å². The number of amides is 3. The zero-order valence-electron chi connectivity index (χ0n) is 31.7. The van der Waals surface area contributed by atoms with Crippen molar-refractivity contribution in [1.29, 1.82) is 0 Å². The maximum atomic E-state index is 14.4. The number of hydrogen-bond acceptors (Lipinski definition) is 10. The highest BCUT2D eigenvalue weighted by Gasteiger charge is 2.38. The number of carboxylic acids is 1. The van der Waals surface area contributed by atoms with E-state index in [9.17, 15) is 34.5 Å². The summed E-state index contributed by atoms with van der Waals surface area (Å²) in [5.74, 6) is -2.66. The summed E-state index contributed by atoms with van der Waals surface area (Å²) >= 11 is 1.13. The van der Waals surface area contributed by atoms with Crippen LogP contribution in [-0.2, 0) is 25.5 Å². The standard InChI is InChI=1S/C38H59N5O8S/c1-8-24(4)33(41-35(47)30-11-9-10-16-42(30)6)37(48)43(17-18-51-7)31(23(2)3)21-32(45)36-40-29(22-52-36)34(46)39-27(19-25(5)38(49)50)20-26-12-14-28(44)15-13-26/h12-15,22-25,27,30-33,44-45H,8-11,16-21H2,1-7H3,(H,39,46)(H,41,47)(H,49,50). The second kappa shape index (κ2) is 20.6. The molecule has 2 heterocycles. The van der Waals surface area contributed by atoms with Crippen molar-refractivity contribution in [2.24, 2.45) is 17.8 Å². The average Bonchev–Trinajstić information content (AvgIpc) is 3.61. The molecule has 14 heteroatoms. The highest BCUT2D eigenvalue weighted by atomic mass is 32.1. The van der Waals surface area contributed by atoms with E-state index in [0.29, 0.717) is 17.8 Å². The van der Waals surface area contributed by atoms with Crippen molar-refractivity contribution in [1.82, 2.24) is 25.4 Å². The molecule has 1 aliphatic heterocycles. The molecule has 0 spiro atoms. The number of thiazole rings is 1. The number of aromatic hydroxyl groups is 1. The van der Waals surface area contributed by atoms with E-state index in [2.05, 4.69) is 15.6 Å². The first kappa shape index (κ1) is 42.8. The van der Waals surface area contributed by atoms with Gasteiger partial charge in [-0.2, -0.15) is 0 Å². The van der Waals surface area contributed by atoms with Crippen LogP contribution in [0.4, 0.5) is 0 Å². The number of phenolic OH excluding ortho intramolecular Hbond substituents is 1. The zero-order valence-corrected chi connectivity index (χ0v) is 32.5. The van der Waals surface area contributed by atoms with E-state index in [-0.39, 0.29) is 67.1 Å². The Bertz CT molecular complexity index is 1450. The summed E-state index contributed by atoms with van der Waals surface area (Å²) < 4.78 is 5.39. The molecule has 1 aromatic heterocycles. The van der Waals surface area contributed by atoms with E-state index in [4.69, 9.17) is 4.74 Å². The molecule has 5 N–H and O–H groups in total. The Morgan fingerprint density at radius 1 is 1.08 bits per heavy atom. The van der Waals surface area contributed by atoms with Gasteiger partial charge in [-0.15, -0.1) is 11.3 Å². The number of carbonyl (C=O) groups is 4. The van der Waals surface area contributed by atoms with Gasteiger partial charge in [0.2, 0.25) is 11.8 Å². The van der Waals surface area contributed by atoms with Gasteiger partial charge in [0.1, 0.15) is 28.6 Å². The van der Waals surface area contributed by atoms with Gasteiger partial charge >= 0.3 is 5.97 Å². The molecule has 290 valence electrons. The van der Waals surface area contributed by atoms with E-state index in [1.54, 1.807) is 36.4 Å². The van der Waals surface area contributed by atoms with Crippen LogP contribution in [0.3, 0.4) is 0 Å². The van der Waals surface area contributed by atoms with Crippen molar-refractivity contribution >= 4 is 35.0 Å². The molecule has 3 amide bonds. The maximum Gasteiger partial charge on any atom is 0.306 e. The Morgan fingerprint density at radius 2 is 1.77 bits per heavy atom. The molecular formula is C38H59N5O8S. The summed E-state index contributed by atoms with van der Waals surface area (Å²) in [6, 6.07) is 4.50. The number of nitrogens with one attached hydrogen (secondary N) is 2. The minimum Gasteiger partial charge on any atom is -0.508 e. The second-order valence-electron chi connectivity index (χ2n) is 14.5. The van der Waals surface area contributed by atoms with Crippen LogP contribution in [0.5, 0.6) is 5.75 Å². The van der Waals surface area contributed by atoms with Crippen LogP contribution in [0, 0.1) is 17.8 Å². The van der Waals surface area contributed by atoms with Gasteiger partial charge in [0.25, 0.3) is 5.91 Å². The first-order chi connectivity index (χ1) is 24.7. The van der Waals surface area contributed by atoms with Gasteiger partial charge in [-0.3, -0.25) is 24.1 Å². The number of hydrogen-bond donors (Lipinski definition) is 5. The monoisotopic (exact) mass is 745 g/mol. The summed E-state index contributed by atoms with van der Waals surface area (Å²) in [5, 5.41) is 38.5. The molecule has 1 saturated heterocycles. The number of carbonyl (C=O) groups excluding carboxylic acids is 3. The van der Waals surface area contributed by atoms with Crippen LogP contribution in [0.25, 0.3) is 0 Å². The lowest BCUT2D eigenvalue weighted by molar-refractivity contribution is -0.143. The average molecular weight is 746 g/mol. The number of likely N-dealkylation sites (tertiary alicyclic amines) is 1.